The predicted octanol–water partition coefficient (Wildman–Crippen LogP) is 1.82. The number of nitrogens with zero attached hydrogens (tertiary/aromatic N) is 2. The summed E-state index contributed by atoms with van der Waals surface area (Å²) in [5.41, 5.74) is 7.36. The molecule has 1 aromatic carbocycles. The van der Waals surface area contributed by atoms with Crippen molar-refractivity contribution in [3.8, 4) is 6.07 Å². The second kappa shape index (κ2) is 4.97. The number of nitrogens with two attached hydrogens (primary N) is 1. The van der Waals surface area contributed by atoms with E-state index in [0.29, 0.717) is 35.4 Å². The standard InChI is InChI=1S/C11H11N3O2S/c12-5-1-2-6-17(15)11-14-9-4-3-8(13)7-10(9)16-11/h3-4,7H,1-2,6,13H2. The van der Waals surface area contributed by atoms with Crippen molar-refractivity contribution in [2.45, 2.75) is 18.1 Å². The van der Waals surface area contributed by atoms with Gasteiger partial charge in [-0.25, -0.2) is 9.19 Å². The molecule has 0 aliphatic rings. The molecule has 1 atom stereocenters. The third-order valence-corrected chi connectivity index (χ3v) is 3.43. The molecule has 2 N–H and O–H groups in total. The maximum absolute atomic E-state index is 11.8. The fourth-order valence-electron chi connectivity index (χ4n) is 1.39. The Labute approximate surface area is 101 Å². The first-order chi connectivity index (χ1) is 8.20. The molecule has 88 valence electrons. The second-order valence-corrected chi connectivity index (χ2v) is 4.97. The van der Waals surface area contributed by atoms with E-state index in [9.17, 15) is 4.21 Å². The Bertz CT molecular complexity index is 600. The van der Waals surface area contributed by atoms with Crippen molar-refractivity contribution in [3.63, 3.8) is 0 Å². The monoisotopic (exact) mass is 249 g/mol. The fourth-order valence-corrected chi connectivity index (χ4v) is 2.35. The van der Waals surface area contributed by atoms with Gasteiger partial charge in [0.1, 0.15) is 16.3 Å². The van der Waals surface area contributed by atoms with Gasteiger partial charge in [0.25, 0.3) is 5.22 Å². The highest BCUT2D eigenvalue weighted by Crippen LogP contribution is 2.20. The maximum atomic E-state index is 11.8. The first kappa shape index (κ1) is 11.6. The normalized spacial score (nSPS) is 12.4. The van der Waals surface area contributed by atoms with Gasteiger partial charge in [-0.2, -0.15) is 5.26 Å². The molecular formula is C11H11N3O2S. The summed E-state index contributed by atoms with van der Waals surface area (Å²) in [7, 11) is -1.29. The first-order valence-electron chi connectivity index (χ1n) is 5.12. The van der Waals surface area contributed by atoms with Crippen molar-refractivity contribution >= 4 is 27.6 Å². The summed E-state index contributed by atoms with van der Waals surface area (Å²) in [5.74, 6) is 0.385. The Morgan fingerprint density at radius 2 is 2.35 bits per heavy atom. The quantitative estimate of drug-likeness (QED) is 0.659. The van der Waals surface area contributed by atoms with E-state index in [-0.39, 0.29) is 5.22 Å². The van der Waals surface area contributed by atoms with Crippen LogP contribution in [-0.4, -0.2) is 14.9 Å². The van der Waals surface area contributed by atoms with Crippen molar-refractivity contribution < 1.29 is 8.63 Å². The largest absolute Gasteiger partial charge is 0.430 e. The zero-order valence-corrected chi connectivity index (χ0v) is 9.87. The molecule has 0 saturated heterocycles. The number of rotatable bonds is 4. The van der Waals surface area contributed by atoms with E-state index in [1.54, 1.807) is 18.2 Å². The minimum Gasteiger partial charge on any atom is -0.430 e. The Kier molecular flexibility index (Phi) is 3.40. The molecular weight excluding hydrogens is 238 g/mol. The number of hydrogen-bond acceptors (Lipinski definition) is 5. The number of nitrogen functional groups attached to an aromatic ring is 1. The minimum absolute atomic E-state index is 0.198. The molecule has 2 aromatic rings. The van der Waals surface area contributed by atoms with Crippen molar-refractivity contribution in [3.05, 3.63) is 18.2 Å². The van der Waals surface area contributed by atoms with Crippen molar-refractivity contribution in [2.24, 2.45) is 0 Å². The summed E-state index contributed by atoms with van der Waals surface area (Å²) in [6, 6.07) is 7.10. The molecule has 0 fully saturated rings. The van der Waals surface area contributed by atoms with Gasteiger partial charge in [-0.15, -0.1) is 0 Å². The van der Waals surface area contributed by atoms with Crippen LogP contribution in [0.1, 0.15) is 12.8 Å². The molecule has 0 amide bonds. The molecule has 0 aliphatic carbocycles. The highest BCUT2D eigenvalue weighted by Gasteiger charge is 2.12. The summed E-state index contributed by atoms with van der Waals surface area (Å²) in [6.07, 6.45) is 0.961. The van der Waals surface area contributed by atoms with Gasteiger partial charge in [-0.3, -0.25) is 0 Å². The van der Waals surface area contributed by atoms with Crippen LogP contribution in [0.5, 0.6) is 0 Å². The van der Waals surface area contributed by atoms with Gasteiger partial charge in [-0.05, 0) is 18.6 Å². The van der Waals surface area contributed by atoms with Crippen LogP contribution in [0.2, 0.25) is 0 Å². The molecule has 17 heavy (non-hydrogen) atoms. The lowest BCUT2D eigenvalue weighted by Gasteiger charge is -1.92. The van der Waals surface area contributed by atoms with Gasteiger partial charge in [0.2, 0.25) is 0 Å². The minimum atomic E-state index is -1.29. The topological polar surface area (TPSA) is 92.9 Å². The molecule has 0 radical (unpaired) electrons. The number of nitriles is 1. The van der Waals surface area contributed by atoms with E-state index in [0.717, 1.165) is 0 Å². The Balaban J connectivity index is 2.19. The number of anilines is 1. The van der Waals surface area contributed by atoms with Crippen LogP contribution < -0.4 is 5.73 Å². The number of hydrogen-bond donors (Lipinski definition) is 1. The third kappa shape index (κ3) is 2.63. The van der Waals surface area contributed by atoms with Crippen molar-refractivity contribution in [1.82, 2.24) is 4.98 Å². The molecule has 1 unspecified atom stereocenters. The highest BCUT2D eigenvalue weighted by molar-refractivity contribution is 7.84. The number of fused-ring (bicyclic) bond motifs is 1. The van der Waals surface area contributed by atoms with Crippen LogP contribution >= 0.6 is 0 Å². The highest BCUT2D eigenvalue weighted by atomic mass is 32.2. The third-order valence-electron chi connectivity index (χ3n) is 2.21. The molecule has 0 saturated carbocycles. The van der Waals surface area contributed by atoms with Gasteiger partial charge < -0.3 is 10.2 Å². The van der Waals surface area contributed by atoms with E-state index in [1.807, 2.05) is 6.07 Å². The zero-order chi connectivity index (χ0) is 12.3. The van der Waals surface area contributed by atoms with Gasteiger partial charge in [-0.1, -0.05) is 0 Å². The lowest BCUT2D eigenvalue weighted by atomic mass is 10.3. The summed E-state index contributed by atoms with van der Waals surface area (Å²) in [5, 5.41) is 8.59. The summed E-state index contributed by atoms with van der Waals surface area (Å²) >= 11 is 0. The first-order valence-corrected chi connectivity index (χ1v) is 6.44. The lowest BCUT2D eigenvalue weighted by Crippen LogP contribution is -1.97. The molecule has 0 aliphatic heterocycles. The van der Waals surface area contributed by atoms with E-state index >= 15 is 0 Å². The van der Waals surface area contributed by atoms with Gasteiger partial charge >= 0.3 is 0 Å². The van der Waals surface area contributed by atoms with E-state index < -0.39 is 10.8 Å². The lowest BCUT2D eigenvalue weighted by molar-refractivity contribution is 0.477. The predicted molar refractivity (Wildman–Crippen MR) is 64.5 cm³/mol. The van der Waals surface area contributed by atoms with Crippen LogP contribution in [0.25, 0.3) is 11.1 Å². The van der Waals surface area contributed by atoms with Crippen molar-refractivity contribution in [1.29, 1.82) is 5.26 Å². The Morgan fingerprint density at radius 3 is 3.12 bits per heavy atom. The molecule has 1 aromatic heterocycles. The average molecular weight is 249 g/mol. The van der Waals surface area contributed by atoms with E-state index in [2.05, 4.69) is 4.98 Å². The Hall–Kier alpha value is -1.87. The number of benzene rings is 1. The van der Waals surface area contributed by atoms with Crippen LogP contribution in [0, 0.1) is 11.3 Å². The van der Waals surface area contributed by atoms with Crippen molar-refractivity contribution in [2.75, 3.05) is 11.5 Å². The molecule has 1 heterocycles. The number of aromatic nitrogens is 1. The van der Waals surface area contributed by atoms with E-state index in [4.69, 9.17) is 15.4 Å². The van der Waals surface area contributed by atoms with E-state index in [1.165, 1.54) is 0 Å². The molecule has 0 spiro atoms. The molecule has 5 nitrogen and oxygen atoms in total. The average Bonchev–Trinajstić information content (AvgIpc) is 2.72. The van der Waals surface area contributed by atoms with Gasteiger partial charge in [0.15, 0.2) is 5.58 Å². The molecule has 2 rings (SSSR count). The van der Waals surface area contributed by atoms with Gasteiger partial charge in [0.05, 0.1) is 6.07 Å². The van der Waals surface area contributed by atoms with Gasteiger partial charge in [0, 0.05) is 23.9 Å². The Morgan fingerprint density at radius 1 is 1.53 bits per heavy atom. The molecule has 6 heteroatoms. The second-order valence-electron chi connectivity index (χ2n) is 3.52. The smallest absolute Gasteiger partial charge is 0.287 e. The number of oxazole rings is 1. The van der Waals surface area contributed by atoms with Crippen LogP contribution in [0.4, 0.5) is 5.69 Å². The number of unbranched alkanes of at least 4 members (excludes halogenated alkanes) is 1. The van der Waals surface area contributed by atoms with Crippen LogP contribution in [0.15, 0.2) is 27.8 Å². The molecule has 0 bridgehead atoms. The SMILES string of the molecule is N#CCCCS(=O)c1nc2ccc(N)cc2o1. The summed E-state index contributed by atoms with van der Waals surface area (Å²) in [6.45, 7) is 0. The van der Waals surface area contributed by atoms with Crippen LogP contribution in [0.3, 0.4) is 0 Å². The summed E-state index contributed by atoms with van der Waals surface area (Å²) in [4.78, 5) is 4.13. The summed E-state index contributed by atoms with van der Waals surface area (Å²) < 4.78 is 17.2. The fraction of sp³-hybridized carbons (Fsp3) is 0.273. The zero-order valence-electron chi connectivity index (χ0n) is 9.05. The maximum Gasteiger partial charge on any atom is 0.287 e. The van der Waals surface area contributed by atoms with Crippen LogP contribution in [-0.2, 0) is 10.8 Å².